The standard InChI is InChI=1S/C12H23N3.ClH/c1-12(2,13)8-9-14-10-15-11-6-4-3-5-7-11;/h11H,3-9,13H2,1-2H3;1H. The molecule has 0 saturated heterocycles. The van der Waals surface area contributed by atoms with Gasteiger partial charge in [-0.15, -0.1) is 12.4 Å². The third kappa shape index (κ3) is 7.86. The molecule has 0 aliphatic heterocycles. The van der Waals surface area contributed by atoms with Crippen LogP contribution < -0.4 is 5.73 Å². The fourth-order valence-corrected chi connectivity index (χ4v) is 1.73. The number of hydrogen-bond donors (Lipinski definition) is 1. The van der Waals surface area contributed by atoms with Crippen LogP contribution in [0.3, 0.4) is 0 Å². The molecule has 1 aliphatic carbocycles. The van der Waals surface area contributed by atoms with Crippen LogP contribution in [0.15, 0.2) is 9.98 Å². The summed E-state index contributed by atoms with van der Waals surface area (Å²) in [6.07, 6.45) is 7.30. The zero-order valence-corrected chi connectivity index (χ0v) is 11.2. The second-order valence-electron chi connectivity index (χ2n) is 5.14. The molecule has 3 nitrogen and oxygen atoms in total. The van der Waals surface area contributed by atoms with Gasteiger partial charge >= 0.3 is 0 Å². The quantitative estimate of drug-likeness (QED) is 0.761. The van der Waals surface area contributed by atoms with Gasteiger partial charge in [-0.2, -0.15) is 0 Å². The number of hydrogen-bond acceptors (Lipinski definition) is 3. The van der Waals surface area contributed by atoms with Crippen LogP contribution in [0.5, 0.6) is 0 Å². The van der Waals surface area contributed by atoms with Gasteiger partial charge in [-0.05, 0) is 33.1 Å². The molecule has 16 heavy (non-hydrogen) atoms. The summed E-state index contributed by atoms with van der Waals surface area (Å²) in [5.74, 6) is 0. The van der Waals surface area contributed by atoms with Crippen molar-refractivity contribution in [3.63, 3.8) is 0 Å². The van der Waals surface area contributed by atoms with Gasteiger partial charge < -0.3 is 5.73 Å². The maximum absolute atomic E-state index is 5.84. The Morgan fingerprint density at radius 2 is 1.88 bits per heavy atom. The molecule has 1 aliphatic rings. The number of halogens is 1. The van der Waals surface area contributed by atoms with Gasteiger partial charge in [0.1, 0.15) is 0 Å². The van der Waals surface area contributed by atoms with E-state index in [1.807, 2.05) is 13.8 Å². The maximum Gasteiger partial charge on any atom is 0.0895 e. The molecule has 0 heterocycles. The van der Waals surface area contributed by atoms with Gasteiger partial charge in [0.05, 0.1) is 18.6 Å². The summed E-state index contributed by atoms with van der Waals surface area (Å²) >= 11 is 0. The molecule has 1 saturated carbocycles. The Morgan fingerprint density at radius 1 is 1.25 bits per heavy atom. The average Bonchev–Trinajstić information content (AvgIpc) is 2.17. The molecule has 0 aromatic carbocycles. The van der Waals surface area contributed by atoms with Crippen molar-refractivity contribution in [1.29, 1.82) is 0 Å². The van der Waals surface area contributed by atoms with Crippen LogP contribution in [0.4, 0.5) is 0 Å². The molecule has 0 radical (unpaired) electrons. The molecule has 0 amide bonds. The van der Waals surface area contributed by atoms with Gasteiger partial charge in [-0.1, -0.05) is 19.3 Å². The van der Waals surface area contributed by atoms with Crippen molar-refractivity contribution in [2.75, 3.05) is 6.54 Å². The molecule has 1 fully saturated rings. The summed E-state index contributed by atoms with van der Waals surface area (Å²) in [5.41, 5.74) is 5.71. The van der Waals surface area contributed by atoms with Gasteiger partial charge in [0.2, 0.25) is 0 Å². The van der Waals surface area contributed by atoms with Gasteiger partial charge in [0.25, 0.3) is 0 Å². The normalized spacial score (nSPS) is 17.2. The first-order chi connectivity index (χ1) is 7.08. The van der Waals surface area contributed by atoms with E-state index in [2.05, 4.69) is 16.0 Å². The lowest BCUT2D eigenvalue weighted by atomic mass is 9.96. The van der Waals surface area contributed by atoms with Crippen LogP contribution in [0, 0.1) is 0 Å². The Labute approximate surface area is 105 Å². The van der Waals surface area contributed by atoms with E-state index in [9.17, 15) is 0 Å². The molecular formula is C12H24ClN3. The van der Waals surface area contributed by atoms with E-state index in [1.54, 1.807) is 0 Å². The fraction of sp³-hybridized carbons (Fsp3) is 0.917. The summed E-state index contributed by atoms with van der Waals surface area (Å²) in [4.78, 5) is 8.50. The highest BCUT2D eigenvalue weighted by Gasteiger charge is 2.11. The molecule has 2 N–H and O–H groups in total. The molecule has 0 bridgehead atoms. The Balaban J connectivity index is 0.00000225. The minimum Gasteiger partial charge on any atom is -0.325 e. The van der Waals surface area contributed by atoms with Gasteiger partial charge in [0, 0.05) is 5.54 Å². The van der Waals surface area contributed by atoms with Crippen molar-refractivity contribution in [3.05, 3.63) is 0 Å². The summed E-state index contributed by atoms with van der Waals surface area (Å²) in [5, 5.41) is 0. The molecule has 0 aromatic rings. The van der Waals surface area contributed by atoms with Gasteiger partial charge in [-0.3, -0.25) is 0 Å². The van der Waals surface area contributed by atoms with Gasteiger partial charge in [0.15, 0.2) is 0 Å². The number of nitrogens with two attached hydrogens (primary N) is 1. The lowest BCUT2D eigenvalue weighted by Crippen LogP contribution is -2.32. The highest BCUT2D eigenvalue weighted by molar-refractivity contribution is 5.85. The number of nitrogens with zero attached hydrogens (tertiary/aromatic N) is 2. The second kappa shape index (κ2) is 7.83. The van der Waals surface area contributed by atoms with E-state index in [1.165, 1.54) is 32.1 Å². The van der Waals surface area contributed by atoms with Crippen LogP contribution >= 0.6 is 12.4 Å². The molecule has 0 unspecified atom stereocenters. The van der Waals surface area contributed by atoms with Crippen LogP contribution in [0.2, 0.25) is 0 Å². The Morgan fingerprint density at radius 3 is 2.44 bits per heavy atom. The second-order valence-corrected chi connectivity index (χ2v) is 5.14. The topological polar surface area (TPSA) is 50.7 Å². The van der Waals surface area contributed by atoms with Crippen molar-refractivity contribution < 1.29 is 0 Å². The molecular weight excluding hydrogens is 222 g/mol. The summed E-state index contributed by atoms with van der Waals surface area (Å²) < 4.78 is 0. The lowest BCUT2D eigenvalue weighted by molar-refractivity contribution is 0.444. The van der Waals surface area contributed by atoms with Crippen molar-refractivity contribution in [3.8, 4) is 0 Å². The van der Waals surface area contributed by atoms with E-state index in [4.69, 9.17) is 5.73 Å². The fourth-order valence-electron chi connectivity index (χ4n) is 1.73. The van der Waals surface area contributed by atoms with E-state index in [0.717, 1.165) is 13.0 Å². The summed E-state index contributed by atoms with van der Waals surface area (Å²) in [7, 11) is 0. The largest absolute Gasteiger partial charge is 0.325 e. The van der Waals surface area contributed by atoms with E-state index < -0.39 is 0 Å². The lowest BCUT2D eigenvalue weighted by Gasteiger charge is -2.16. The third-order valence-corrected chi connectivity index (χ3v) is 2.75. The summed E-state index contributed by atoms with van der Waals surface area (Å²) in [6.45, 7) is 4.77. The minimum atomic E-state index is -0.129. The average molecular weight is 246 g/mol. The summed E-state index contributed by atoms with van der Waals surface area (Å²) in [6, 6.07) is 3.30. The number of rotatable bonds is 4. The van der Waals surface area contributed by atoms with E-state index in [-0.39, 0.29) is 17.9 Å². The highest BCUT2D eigenvalue weighted by atomic mass is 35.5. The van der Waals surface area contributed by atoms with Crippen LogP contribution in [0.1, 0.15) is 52.4 Å². The predicted molar refractivity (Wildman–Crippen MR) is 71.7 cm³/mol. The zero-order valence-electron chi connectivity index (χ0n) is 10.4. The Bertz CT molecular complexity index is 233. The Kier molecular flexibility index (Phi) is 7.65. The van der Waals surface area contributed by atoms with E-state index in [0.29, 0.717) is 6.04 Å². The smallest absolute Gasteiger partial charge is 0.0895 e. The van der Waals surface area contributed by atoms with Crippen LogP contribution in [-0.4, -0.2) is 24.1 Å². The SMILES string of the molecule is CC(C)(N)CCN=C=NC1CCCCC1.Cl. The molecule has 4 heteroatoms. The first kappa shape index (κ1) is 15.6. The van der Waals surface area contributed by atoms with Crippen molar-refractivity contribution in [2.24, 2.45) is 15.7 Å². The van der Waals surface area contributed by atoms with Gasteiger partial charge in [-0.25, -0.2) is 9.98 Å². The van der Waals surface area contributed by atoms with Crippen molar-refractivity contribution in [2.45, 2.75) is 64.0 Å². The molecule has 0 atom stereocenters. The minimum absolute atomic E-state index is 0. The van der Waals surface area contributed by atoms with Crippen LogP contribution in [0.25, 0.3) is 0 Å². The molecule has 0 aromatic heterocycles. The maximum atomic E-state index is 5.84. The zero-order chi connectivity index (χ0) is 11.1. The Hall–Kier alpha value is -0.370. The number of aliphatic imine (C=N–C) groups is 2. The van der Waals surface area contributed by atoms with Crippen molar-refractivity contribution >= 4 is 18.4 Å². The monoisotopic (exact) mass is 245 g/mol. The molecule has 1 rings (SSSR count). The van der Waals surface area contributed by atoms with Crippen LogP contribution in [-0.2, 0) is 0 Å². The van der Waals surface area contributed by atoms with E-state index >= 15 is 0 Å². The first-order valence-corrected chi connectivity index (χ1v) is 5.98. The van der Waals surface area contributed by atoms with Crippen molar-refractivity contribution in [1.82, 2.24) is 0 Å². The third-order valence-electron chi connectivity index (χ3n) is 2.75. The first-order valence-electron chi connectivity index (χ1n) is 5.98. The molecule has 0 spiro atoms. The molecule has 94 valence electrons. The highest BCUT2D eigenvalue weighted by Crippen LogP contribution is 2.19. The predicted octanol–water partition coefficient (Wildman–Crippen LogP) is 3.04.